The average Bonchev–Trinajstić information content (AvgIpc) is 2.51. The minimum atomic E-state index is -0.379. The average molecular weight is 276 g/mol. The zero-order valence-corrected chi connectivity index (χ0v) is 12.6. The summed E-state index contributed by atoms with van der Waals surface area (Å²) in [6, 6.07) is 9.63. The van der Waals surface area contributed by atoms with E-state index in [1.165, 1.54) is 5.56 Å². The van der Waals surface area contributed by atoms with Crippen molar-refractivity contribution in [2.75, 3.05) is 13.6 Å². The normalized spacial score (nSPS) is 11.8. The number of carbonyl (C=O) groups is 2. The molecular formula is C16H24N2O2. The molecule has 0 aromatic heterocycles. The molecule has 0 aliphatic carbocycles. The second-order valence-corrected chi connectivity index (χ2v) is 4.71. The molecule has 110 valence electrons. The van der Waals surface area contributed by atoms with Crippen LogP contribution in [0.25, 0.3) is 0 Å². The molecule has 0 saturated carbocycles. The topological polar surface area (TPSA) is 49.4 Å². The Balaban J connectivity index is 2.78. The lowest BCUT2D eigenvalue weighted by Crippen LogP contribution is -2.49. The van der Waals surface area contributed by atoms with E-state index in [0.29, 0.717) is 19.4 Å². The van der Waals surface area contributed by atoms with Gasteiger partial charge in [-0.2, -0.15) is 0 Å². The Bertz CT molecular complexity index is 431. The molecule has 0 spiro atoms. The number of likely N-dealkylation sites (N-methyl/N-ethyl adjacent to an activating group) is 1. The molecule has 4 heteroatoms. The van der Waals surface area contributed by atoms with Gasteiger partial charge in [-0.15, -0.1) is 0 Å². The Labute approximate surface area is 121 Å². The highest BCUT2D eigenvalue weighted by atomic mass is 16.2. The maximum atomic E-state index is 12.1. The minimum absolute atomic E-state index is 0.0244. The summed E-state index contributed by atoms with van der Waals surface area (Å²) < 4.78 is 0. The molecule has 4 nitrogen and oxygen atoms in total. The summed E-state index contributed by atoms with van der Waals surface area (Å²) in [5.74, 6) is -0.0706. The van der Waals surface area contributed by atoms with Gasteiger partial charge in [0.2, 0.25) is 11.8 Å². The van der Waals surface area contributed by atoms with Crippen molar-refractivity contribution < 1.29 is 9.59 Å². The molecular weight excluding hydrogens is 252 g/mol. The lowest BCUT2D eigenvalue weighted by molar-refractivity contribution is -0.140. The second kappa shape index (κ2) is 8.35. The summed E-state index contributed by atoms with van der Waals surface area (Å²) in [5.41, 5.74) is 1.17. The first-order valence-electron chi connectivity index (χ1n) is 7.19. The number of nitrogens with one attached hydrogen (secondary N) is 1. The van der Waals surface area contributed by atoms with E-state index in [1.54, 1.807) is 11.9 Å². The number of benzene rings is 1. The first-order valence-corrected chi connectivity index (χ1v) is 7.19. The van der Waals surface area contributed by atoms with Gasteiger partial charge in [-0.05, 0) is 18.4 Å². The molecule has 0 aliphatic heterocycles. The lowest BCUT2D eigenvalue weighted by Gasteiger charge is -2.29. The van der Waals surface area contributed by atoms with E-state index in [2.05, 4.69) is 5.32 Å². The molecule has 0 heterocycles. The van der Waals surface area contributed by atoms with Gasteiger partial charge in [-0.3, -0.25) is 9.59 Å². The molecule has 1 atom stereocenters. The predicted octanol–water partition coefficient (Wildman–Crippen LogP) is 1.99. The van der Waals surface area contributed by atoms with Crippen molar-refractivity contribution in [1.29, 1.82) is 0 Å². The largest absolute Gasteiger partial charge is 0.357 e. The monoisotopic (exact) mass is 276 g/mol. The zero-order chi connectivity index (χ0) is 15.0. The molecule has 0 radical (unpaired) electrons. The van der Waals surface area contributed by atoms with Crippen molar-refractivity contribution in [3.63, 3.8) is 0 Å². The van der Waals surface area contributed by atoms with Gasteiger partial charge < -0.3 is 10.2 Å². The van der Waals surface area contributed by atoms with E-state index < -0.39 is 0 Å². The molecule has 20 heavy (non-hydrogen) atoms. The molecule has 1 N–H and O–H groups in total. The van der Waals surface area contributed by atoms with Crippen LogP contribution in [0.4, 0.5) is 0 Å². The fraction of sp³-hybridized carbons (Fsp3) is 0.500. The third kappa shape index (κ3) is 4.37. The van der Waals surface area contributed by atoms with Gasteiger partial charge in [0.25, 0.3) is 0 Å². The summed E-state index contributed by atoms with van der Waals surface area (Å²) in [6.07, 6.45) is 1.81. The molecule has 0 bridgehead atoms. The number of rotatable bonds is 7. The predicted molar refractivity (Wildman–Crippen MR) is 80.3 cm³/mol. The van der Waals surface area contributed by atoms with Gasteiger partial charge in [-0.25, -0.2) is 0 Å². The van der Waals surface area contributed by atoms with E-state index in [0.717, 1.165) is 6.42 Å². The summed E-state index contributed by atoms with van der Waals surface area (Å²) >= 11 is 0. The van der Waals surface area contributed by atoms with Crippen LogP contribution >= 0.6 is 0 Å². The van der Waals surface area contributed by atoms with E-state index in [-0.39, 0.29) is 17.9 Å². The van der Waals surface area contributed by atoms with Gasteiger partial charge in [-0.1, -0.05) is 44.2 Å². The van der Waals surface area contributed by atoms with Crippen molar-refractivity contribution in [2.24, 2.45) is 0 Å². The van der Waals surface area contributed by atoms with E-state index in [1.807, 2.05) is 44.2 Å². The number of amides is 2. The smallest absolute Gasteiger partial charge is 0.242 e. The minimum Gasteiger partial charge on any atom is -0.357 e. The third-order valence-electron chi connectivity index (χ3n) is 3.42. The highest BCUT2D eigenvalue weighted by Crippen LogP contribution is 2.10. The van der Waals surface area contributed by atoms with Crippen LogP contribution in [-0.4, -0.2) is 36.3 Å². The molecule has 1 aromatic carbocycles. The van der Waals surface area contributed by atoms with Gasteiger partial charge in [0.1, 0.15) is 6.04 Å². The Hall–Kier alpha value is -1.84. The summed E-state index contributed by atoms with van der Waals surface area (Å²) in [4.78, 5) is 25.7. The van der Waals surface area contributed by atoms with Crippen LogP contribution in [0.1, 0.15) is 32.3 Å². The standard InChI is InChI=1S/C16H24N2O2/c1-4-14(16(20)17-3)18(15(19)5-2)12-11-13-9-7-6-8-10-13/h6-10,14H,4-5,11-12H2,1-3H3,(H,17,20)/t14-/m1/s1. The van der Waals surface area contributed by atoms with Crippen molar-refractivity contribution in [3.05, 3.63) is 35.9 Å². The summed E-state index contributed by atoms with van der Waals surface area (Å²) in [6.45, 7) is 4.33. The summed E-state index contributed by atoms with van der Waals surface area (Å²) in [7, 11) is 1.61. The van der Waals surface area contributed by atoms with Crippen LogP contribution in [0.5, 0.6) is 0 Å². The first kappa shape index (κ1) is 16.2. The molecule has 0 unspecified atom stereocenters. The highest BCUT2D eigenvalue weighted by molar-refractivity contribution is 5.87. The molecule has 0 saturated heterocycles. The SMILES string of the molecule is CCC(=O)N(CCc1ccccc1)[C@H](CC)C(=O)NC. The van der Waals surface area contributed by atoms with Crippen LogP contribution < -0.4 is 5.32 Å². The maximum Gasteiger partial charge on any atom is 0.242 e. The van der Waals surface area contributed by atoms with Crippen LogP contribution in [0.15, 0.2) is 30.3 Å². The van der Waals surface area contributed by atoms with Crippen LogP contribution in [-0.2, 0) is 16.0 Å². The van der Waals surface area contributed by atoms with Gasteiger partial charge in [0.15, 0.2) is 0 Å². The van der Waals surface area contributed by atoms with E-state index in [4.69, 9.17) is 0 Å². The number of hydrogen-bond donors (Lipinski definition) is 1. The number of nitrogens with zero attached hydrogens (tertiary/aromatic N) is 1. The Morgan fingerprint density at radius 2 is 1.85 bits per heavy atom. The van der Waals surface area contributed by atoms with Gasteiger partial charge in [0, 0.05) is 20.0 Å². The fourth-order valence-electron chi connectivity index (χ4n) is 2.27. The number of carbonyl (C=O) groups excluding carboxylic acids is 2. The molecule has 0 aliphatic rings. The molecule has 0 fully saturated rings. The Morgan fingerprint density at radius 1 is 1.20 bits per heavy atom. The first-order chi connectivity index (χ1) is 9.63. The quantitative estimate of drug-likeness (QED) is 0.828. The summed E-state index contributed by atoms with van der Waals surface area (Å²) in [5, 5.41) is 2.64. The van der Waals surface area contributed by atoms with Gasteiger partial charge >= 0.3 is 0 Å². The number of hydrogen-bond acceptors (Lipinski definition) is 2. The maximum absolute atomic E-state index is 12.1. The van der Waals surface area contributed by atoms with E-state index >= 15 is 0 Å². The van der Waals surface area contributed by atoms with Gasteiger partial charge in [0.05, 0.1) is 0 Å². The fourth-order valence-corrected chi connectivity index (χ4v) is 2.27. The van der Waals surface area contributed by atoms with E-state index in [9.17, 15) is 9.59 Å². The Morgan fingerprint density at radius 3 is 2.35 bits per heavy atom. The highest BCUT2D eigenvalue weighted by Gasteiger charge is 2.26. The van der Waals surface area contributed by atoms with Crippen LogP contribution in [0.2, 0.25) is 0 Å². The molecule has 1 aromatic rings. The zero-order valence-electron chi connectivity index (χ0n) is 12.6. The van der Waals surface area contributed by atoms with Crippen molar-refractivity contribution in [1.82, 2.24) is 10.2 Å². The van der Waals surface area contributed by atoms with Crippen LogP contribution in [0, 0.1) is 0 Å². The van der Waals surface area contributed by atoms with Crippen molar-refractivity contribution in [3.8, 4) is 0 Å². The molecule has 2 amide bonds. The Kier molecular flexibility index (Phi) is 6.77. The van der Waals surface area contributed by atoms with Crippen molar-refractivity contribution >= 4 is 11.8 Å². The van der Waals surface area contributed by atoms with Crippen molar-refractivity contribution in [2.45, 2.75) is 39.2 Å². The molecule has 1 rings (SSSR count). The van der Waals surface area contributed by atoms with Crippen LogP contribution in [0.3, 0.4) is 0 Å². The second-order valence-electron chi connectivity index (χ2n) is 4.71. The lowest BCUT2D eigenvalue weighted by atomic mass is 10.1. The third-order valence-corrected chi connectivity index (χ3v) is 3.42.